The van der Waals surface area contributed by atoms with Crippen molar-refractivity contribution in [1.29, 1.82) is 0 Å². The van der Waals surface area contributed by atoms with Crippen LogP contribution in [0.3, 0.4) is 0 Å². The second kappa shape index (κ2) is 7.28. The highest BCUT2D eigenvalue weighted by Gasteiger charge is 2.11. The summed E-state index contributed by atoms with van der Waals surface area (Å²) in [6.45, 7) is 2.02. The first-order valence-electron chi connectivity index (χ1n) is 6.49. The Morgan fingerprint density at radius 3 is 2.60 bits per heavy atom. The number of carbonyl (C=O) groups excluding carboxylic acids is 1. The van der Waals surface area contributed by atoms with E-state index < -0.39 is 10.8 Å². The van der Waals surface area contributed by atoms with Crippen molar-refractivity contribution in [3.8, 4) is 0 Å². The minimum atomic E-state index is -0.786. The zero-order chi connectivity index (χ0) is 15.3. The second-order valence-corrected chi connectivity index (χ2v) is 6.67. The van der Waals surface area contributed by atoms with E-state index in [2.05, 4.69) is 5.32 Å². The maximum Gasteiger partial charge on any atom is 0.253 e. The molecular formula is C14H23N3O2S. The van der Waals surface area contributed by atoms with Gasteiger partial charge in [0, 0.05) is 48.5 Å². The van der Waals surface area contributed by atoms with Crippen molar-refractivity contribution in [2.45, 2.75) is 19.4 Å². The first-order valence-corrected chi connectivity index (χ1v) is 8.21. The van der Waals surface area contributed by atoms with Gasteiger partial charge in [-0.2, -0.15) is 0 Å². The summed E-state index contributed by atoms with van der Waals surface area (Å²) in [5.74, 6) is 0.586. The van der Waals surface area contributed by atoms with E-state index in [0.29, 0.717) is 17.0 Å². The molecule has 112 valence electrons. The Morgan fingerprint density at radius 1 is 1.45 bits per heavy atom. The number of anilines is 2. The molecule has 6 heteroatoms. The fourth-order valence-electron chi connectivity index (χ4n) is 1.77. The Morgan fingerprint density at radius 2 is 2.10 bits per heavy atom. The number of nitrogens with two attached hydrogens (primary N) is 1. The Kier molecular flexibility index (Phi) is 6.01. The molecule has 2 unspecified atom stereocenters. The molecule has 0 saturated heterocycles. The van der Waals surface area contributed by atoms with Gasteiger partial charge in [-0.1, -0.05) is 0 Å². The highest BCUT2D eigenvalue weighted by molar-refractivity contribution is 7.84. The van der Waals surface area contributed by atoms with E-state index in [1.807, 2.05) is 13.0 Å². The first-order chi connectivity index (χ1) is 9.31. The van der Waals surface area contributed by atoms with E-state index in [0.717, 1.165) is 12.1 Å². The van der Waals surface area contributed by atoms with Crippen LogP contribution in [0.4, 0.5) is 11.4 Å². The Hall–Kier alpha value is -1.56. The Bertz CT molecular complexity index is 503. The molecular weight excluding hydrogens is 274 g/mol. The van der Waals surface area contributed by atoms with Crippen molar-refractivity contribution < 1.29 is 9.00 Å². The smallest absolute Gasteiger partial charge is 0.253 e. The van der Waals surface area contributed by atoms with Crippen LogP contribution in [-0.2, 0) is 10.8 Å². The minimum Gasteiger partial charge on any atom is -0.397 e. The molecule has 0 aliphatic heterocycles. The number of benzene rings is 1. The molecule has 1 rings (SSSR count). The van der Waals surface area contributed by atoms with Crippen LogP contribution in [0.15, 0.2) is 18.2 Å². The molecule has 3 N–H and O–H groups in total. The molecule has 0 bridgehead atoms. The van der Waals surface area contributed by atoms with Gasteiger partial charge in [0.2, 0.25) is 0 Å². The largest absolute Gasteiger partial charge is 0.397 e. The predicted octanol–water partition coefficient (Wildman–Crippen LogP) is 1.54. The fraction of sp³-hybridized carbons (Fsp3) is 0.500. The quantitative estimate of drug-likeness (QED) is 0.781. The van der Waals surface area contributed by atoms with Gasteiger partial charge in [-0.25, -0.2) is 0 Å². The van der Waals surface area contributed by atoms with Gasteiger partial charge in [-0.05, 0) is 31.5 Å². The van der Waals surface area contributed by atoms with Crippen molar-refractivity contribution >= 4 is 28.1 Å². The van der Waals surface area contributed by atoms with Gasteiger partial charge in [-0.15, -0.1) is 0 Å². The summed E-state index contributed by atoms with van der Waals surface area (Å²) in [4.78, 5) is 13.3. The number of carbonyl (C=O) groups is 1. The van der Waals surface area contributed by atoms with Gasteiger partial charge in [0.05, 0.1) is 11.4 Å². The molecule has 1 aromatic carbocycles. The third kappa shape index (κ3) is 4.85. The number of nitrogen functional groups attached to an aromatic ring is 1. The number of rotatable bonds is 6. The van der Waals surface area contributed by atoms with E-state index >= 15 is 0 Å². The van der Waals surface area contributed by atoms with Crippen LogP contribution in [0, 0.1) is 0 Å². The summed E-state index contributed by atoms with van der Waals surface area (Å²) in [7, 11) is 2.63. The number of hydrogen-bond donors (Lipinski definition) is 2. The van der Waals surface area contributed by atoms with E-state index in [1.165, 1.54) is 4.90 Å². The number of nitrogens with one attached hydrogen (secondary N) is 1. The average molecular weight is 297 g/mol. The molecule has 1 amide bonds. The highest BCUT2D eigenvalue weighted by atomic mass is 32.2. The molecule has 0 fully saturated rings. The van der Waals surface area contributed by atoms with Gasteiger partial charge in [0.15, 0.2) is 0 Å². The monoisotopic (exact) mass is 297 g/mol. The maximum absolute atomic E-state index is 11.8. The number of nitrogens with zero attached hydrogens (tertiary/aromatic N) is 1. The lowest BCUT2D eigenvalue weighted by molar-refractivity contribution is 0.0827. The van der Waals surface area contributed by atoms with Crippen LogP contribution in [-0.4, -0.2) is 47.2 Å². The van der Waals surface area contributed by atoms with E-state index in [4.69, 9.17) is 5.73 Å². The van der Waals surface area contributed by atoms with Crippen LogP contribution in [0.2, 0.25) is 0 Å². The third-order valence-corrected chi connectivity index (χ3v) is 3.76. The summed E-state index contributed by atoms with van der Waals surface area (Å²) < 4.78 is 11.1. The summed E-state index contributed by atoms with van der Waals surface area (Å²) in [6.07, 6.45) is 2.50. The molecule has 0 aromatic heterocycles. The minimum absolute atomic E-state index is 0.0716. The van der Waals surface area contributed by atoms with Crippen molar-refractivity contribution in [1.82, 2.24) is 4.90 Å². The Balaban J connectivity index is 2.73. The van der Waals surface area contributed by atoms with Crippen LogP contribution in [0.25, 0.3) is 0 Å². The lowest BCUT2D eigenvalue weighted by atomic mass is 10.1. The van der Waals surface area contributed by atoms with Crippen molar-refractivity contribution in [2.75, 3.05) is 37.2 Å². The SMILES string of the molecule is CC(CCS(C)=O)Nc1ccc(C(=O)N(C)C)cc1N. The maximum atomic E-state index is 11.8. The molecule has 0 aliphatic rings. The van der Waals surface area contributed by atoms with Crippen LogP contribution >= 0.6 is 0 Å². The van der Waals surface area contributed by atoms with Gasteiger partial charge >= 0.3 is 0 Å². The zero-order valence-electron chi connectivity index (χ0n) is 12.5. The van der Waals surface area contributed by atoms with Crippen LogP contribution < -0.4 is 11.1 Å². The van der Waals surface area contributed by atoms with Crippen LogP contribution in [0.5, 0.6) is 0 Å². The standard InChI is InChI=1S/C14H23N3O2S/c1-10(7-8-20(4)19)16-13-6-5-11(9-12(13)15)14(18)17(2)3/h5-6,9-10,16H,7-8,15H2,1-4H3. The van der Waals surface area contributed by atoms with Gasteiger partial charge in [0.1, 0.15) is 0 Å². The van der Waals surface area contributed by atoms with Crippen LogP contribution in [0.1, 0.15) is 23.7 Å². The van der Waals surface area contributed by atoms with Crippen molar-refractivity contribution in [3.63, 3.8) is 0 Å². The Labute approximate surface area is 123 Å². The molecule has 5 nitrogen and oxygen atoms in total. The topological polar surface area (TPSA) is 75.4 Å². The summed E-state index contributed by atoms with van der Waals surface area (Å²) >= 11 is 0. The van der Waals surface area contributed by atoms with E-state index in [-0.39, 0.29) is 11.9 Å². The van der Waals surface area contributed by atoms with Crippen molar-refractivity contribution in [2.24, 2.45) is 0 Å². The lowest BCUT2D eigenvalue weighted by Crippen LogP contribution is -2.22. The summed E-state index contributed by atoms with van der Waals surface area (Å²) in [5, 5.41) is 3.28. The highest BCUT2D eigenvalue weighted by Crippen LogP contribution is 2.21. The van der Waals surface area contributed by atoms with E-state index in [9.17, 15) is 9.00 Å². The third-order valence-electron chi connectivity index (χ3n) is 2.94. The molecule has 1 aromatic rings. The molecule has 0 saturated carbocycles. The molecule has 0 aliphatic carbocycles. The zero-order valence-corrected chi connectivity index (χ0v) is 13.3. The molecule has 0 heterocycles. The molecule has 0 radical (unpaired) electrons. The van der Waals surface area contributed by atoms with Gasteiger partial charge < -0.3 is 16.0 Å². The lowest BCUT2D eigenvalue weighted by Gasteiger charge is -2.17. The van der Waals surface area contributed by atoms with Gasteiger partial charge in [-0.3, -0.25) is 9.00 Å². The summed E-state index contributed by atoms with van der Waals surface area (Å²) in [5.41, 5.74) is 7.88. The fourth-order valence-corrected chi connectivity index (χ4v) is 2.45. The van der Waals surface area contributed by atoms with E-state index in [1.54, 1.807) is 32.5 Å². The normalized spacial score (nSPS) is 13.6. The number of amides is 1. The van der Waals surface area contributed by atoms with Gasteiger partial charge in [0.25, 0.3) is 5.91 Å². The second-order valence-electron chi connectivity index (χ2n) is 5.11. The summed E-state index contributed by atoms with van der Waals surface area (Å²) in [6, 6.07) is 5.42. The predicted molar refractivity (Wildman–Crippen MR) is 85.5 cm³/mol. The first kappa shape index (κ1) is 16.5. The average Bonchev–Trinajstić information content (AvgIpc) is 2.37. The molecule has 0 spiro atoms. The molecule has 2 atom stereocenters. The number of hydrogen-bond acceptors (Lipinski definition) is 4. The van der Waals surface area contributed by atoms with Crippen molar-refractivity contribution in [3.05, 3.63) is 23.8 Å². The molecule has 20 heavy (non-hydrogen) atoms.